The minimum absolute atomic E-state index is 0.404. The molecule has 1 saturated carbocycles. The second-order valence-electron chi connectivity index (χ2n) is 4.88. The number of aliphatic imine (C=N–C) groups is 1. The third kappa shape index (κ3) is 4.00. The zero-order valence-corrected chi connectivity index (χ0v) is 10.8. The van der Waals surface area contributed by atoms with Gasteiger partial charge < -0.3 is 5.32 Å². The molecule has 0 aromatic carbocycles. The number of hydrazine groups is 1. The molecule has 0 heterocycles. The Kier molecular flexibility index (Phi) is 5.60. The summed E-state index contributed by atoms with van der Waals surface area (Å²) >= 11 is 0. The molecule has 0 aromatic heterocycles. The number of hydrogen-bond donors (Lipinski definition) is 3. The van der Waals surface area contributed by atoms with E-state index in [1.165, 1.54) is 25.7 Å². The molecule has 0 spiro atoms. The van der Waals surface area contributed by atoms with E-state index < -0.39 is 0 Å². The highest BCUT2D eigenvalue weighted by Gasteiger charge is 2.16. The summed E-state index contributed by atoms with van der Waals surface area (Å²) in [5, 5.41) is 3.36. The molecule has 0 amide bonds. The van der Waals surface area contributed by atoms with Crippen molar-refractivity contribution in [1.29, 1.82) is 0 Å². The lowest BCUT2D eigenvalue weighted by molar-refractivity contribution is 0.432. The SMILES string of the molecule is CCC(C)C(C)NC(=NC1CCCC1)NN. The van der Waals surface area contributed by atoms with E-state index in [-0.39, 0.29) is 0 Å². The minimum atomic E-state index is 0.404. The van der Waals surface area contributed by atoms with Crippen LogP contribution >= 0.6 is 0 Å². The van der Waals surface area contributed by atoms with Crippen LogP contribution in [-0.2, 0) is 0 Å². The fourth-order valence-electron chi connectivity index (χ4n) is 2.04. The maximum absolute atomic E-state index is 5.50. The van der Waals surface area contributed by atoms with E-state index in [1.807, 2.05) is 0 Å². The number of nitrogens with zero attached hydrogens (tertiary/aromatic N) is 1. The first-order valence-corrected chi connectivity index (χ1v) is 6.48. The molecule has 0 bridgehead atoms. The number of rotatable bonds is 4. The van der Waals surface area contributed by atoms with Crippen molar-refractivity contribution < 1.29 is 0 Å². The number of hydrogen-bond acceptors (Lipinski definition) is 2. The molecule has 1 rings (SSSR count). The van der Waals surface area contributed by atoms with Crippen LogP contribution in [0.2, 0.25) is 0 Å². The highest BCUT2D eigenvalue weighted by Crippen LogP contribution is 2.20. The van der Waals surface area contributed by atoms with Gasteiger partial charge in [0, 0.05) is 6.04 Å². The van der Waals surface area contributed by atoms with Crippen molar-refractivity contribution in [3.63, 3.8) is 0 Å². The van der Waals surface area contributed by atoms with Crippen molar-refractivity contribution in [2.75, 3.05) is 0 Å². The summed E-state index contributed by atoms with van der Waals surface area (Å²) in [5.41, 5.74) is 2.68. The largest absolute Gasteiger partial charge is 0.353 e. The van der Waals surface area contributed by atoms with Gasteiger partial charge in [0.1, 0.15) is 0 Å². The fourth-order valence-corrected chi connectivity index (χ4v) is 2.04. The van der Waals surface area contributed by atoms with Crippen molar-refractivity contribution in [1.82, 2.24) is 10.7 Å². The number of nitrogens with one attached hydrogen (secondary N) is 2. The molecule has 0 radical (unpaired) electrons. The van der Waals surface area contributed by atoms with E-state index >= 15 is 0 Å². The van der Waals surface area contributed by atoms with Gasteiger partial charge in [0.2, 0.25) is 5.96 Å². The van der Waals surface area contributed by atoms with Crippen LogP contribution in [0.5, 0.6) is 0 Å². The summed E-state index contributed by atoms with van der Waals surface area (Å²) in [7, 11) is 0. The first-order chi connectivity index (χ1) is 7.67. The maximum Gasteiger partial charge on any atom is 0.206 e. The first kappa shape index (κ1) is 13.3. The van der Waals surface area contributed by atoms with E-state index in [0.717, 1.165) is 12.4 Å². The summed E-state index contributed by atoms with van der Waals surface area (Å²) in [5.74, 6) is 6.87. The standard InChI is InChI=1S/C12H26N4/c1-4-9(2)10(3)14-12(16-13)15-11-7-5-6-8-11/h9-11H,4-8,13H2,1-3H3,(H2,14,15,16). The Bertz CT molecular complexity index is 221. The molecule has 0 aromatic rings. The third-order valence-corrected chi connectivity index (χ3v) is 3.63. The average Bonchev–Trinajstić information content (AvgIpc) is 2.79. The number of nitrogens with two attached hydrogens (primary N) is 1. The molecule has 2 atom stereocenters. The second-order valence-corrected chi connectivity index (χ2v) is 4.88. The molecule has 0 saturated heterocycles. The highest BCUT2D eigenvalue weighted by molar-refractivity contribution is 5.79. The highest BCUT2D eigenvalue weighted by atomic mass is 15.3. The molecule has 16 heavy (non-hydrogen) atoms. The Hall–Kier alpha value is -0.770. The van der Waals surface area contributed by atoms with E-state index in [4.69, 9.17) is 5.84 Å². The lowest BCUT2D eigenvalue weighted by atomic mass is 10.0. The Morgan fingerprint density at radius 1 is 1.38 bits per heavy atom. The van der Waals surface area contributed by atoms with Crippen molar-refractivity contribution in [2.45, 2.75) is 65.0 Å². The van der Waals surface area contributed by atoms with Gasteiger partial charge >= 0.3 is 0 Å². The molecule has 94 valence electrons. The summed E-state index contributed by atoms with van der Waals surface area (Å²) in [4.78, 5) is 4.62. The van der Waals surface area contributed by atoms with Gasteiger partial charge in [-0.05, 0) is 25.7 Å². The lowest BCUT2D eigenvalue weighted by Crippen LogP contribution is -2.47. The van der Waals surface area contributed by atoms with Gasteiger partial charge in [0.05, 0.1) is 6.04 Å². The predicted molar refractivity (Wildman–Crippen MR) is 69.1 cm³/mol. The Morgan fingerprint density at radius 2 is 2.00 bits per heavy atom. The van der Waals surface area contributed by atoms with Crippen molar-refractivity contribution in [2.24, 2.45) is 16.8 Å². The molecule has 4 N–H and O–H groups in total. The van der Waals surface area contributed by atoms with E-state index in [2.05, 4.69) is 36.5 Å². The van der Waals surface area contributed by atoms with Gasteiger partial charge in [-0.2, -0.15) is 0 Å². The summed E-state index contributed by atoms with van der Waals surface area (Å²) in [6.45, 7) is 6.61. The van der Waals surface area contributed by atoms with Crippen LogP contribution < -0.4 is 16.6 Å². The van der Waals surface area contributed by atoms with Crippen molar-refractivity contribution >= 4 is 5.96 Å². The topological polar surface area (TPSA) is 62.4 Å². The van der Waals surface area contributed by atoms with Gasteiger partial charge in [-0.3, -0.25) is 5.43 Å². The van der Waals surface area contributed by atoms with Gasteiger partial charge in [0.15, 0.2) is 0 Å². The Morgan fingerprint density at radius 3 is 2.50 bits per heavy atom. The molecule has 1 fully saturated rings. The zero-order chi connectivity index (χ0) is 12.0. The summed E-state index contributed by atoms with van der Waals surface area (Å²) in [6, 6.07) is 0.865. The van der Waals surface area contributed by atoms with Crippen LogP contribution in [-0.4, -0.2) is 18.0 Å². The monoisotopic (exact) mass is 226 g/mol. The smallest absolute Gasteiger partial charge is 0.206 e. The van der Waals surface area contributed by atoms with Gasteiger partial charge in [-0.1, -0.05) is 33.1 Å². The molecule has 1 aliphatic carbocycles. The maximum atomic E-state index is 5.50. The first-order valence-electron chi connectivity index (χ1n) is 6.48. The van der Waals surface area contributed by atoms with Crippen LogP contribution in [0.3, 0.4) is 0 Å². The molecule has 2 unspecified atom stereocenters. The van der Waals surface area contributed by atoms with Crippen LogP contribution in [0.25, 0.3) is 0 Å². The molecular formula is C12H26N4. The quantitative estimate of drug-likeness (QED) is 0.296. The predicted octanol–water partition coefficient (Wildman–Crippen LogP) is 1.77. The summed E-state index contributed by atoms with van der Waals surface area (Å²) in [6.07, 6.45) is 6.16. The fraction of sp³-hybridized carbons (Fsp3) is 0.917. The Labute approximate surface area is 99.1 Å². The zero-order valence-electron chi connectivity index (χ0n) is 10.8. The third-order valence-electron chi connectivity index (χ3n) is 3.63. The molecule has 4 nitrogen and oxygen atoms in total. The van der Waals surface area contributed by atoms with E-state index in [9.17, 15) is 0 Å². The normalized spacial score (nSPS) is 21.9. The van der Waals surface area contributed by atoms with Gasteiger partial charge in [0.25, 0.3) is 0 Å². The minimum Gasteiger partial charge on any atom is -0.353 e. The molecular weight excluding hydrogens is 200 g/mol. The Balaban J connectivity index is 2.46. The van der Waals surface area contributed by atoms with Gasteiger partial charge in [-0.25, -0.2) is 10.8 Å². The van der Waals surface area contributed by atoms with Crippen LogP contribution in [0.15, 0.2) is 4.99 Å². The van der Waals surface area contributed by atoms with Crippen LogP contribution in [0, 0.1) is 5.92 Å². The molecule has 4 heteroatoms. The van der Waals surface area contributed by atoms with Crippen LogP contribution in [0.4, 0.5) is 0 Å². The average molecular weight is 226 g/mol. The second kappa shape index (κ2) is 6.74. The van der Waals surface area contributed by atoms with E-state index in [0.29, 0.717) is 18.0 Å². The van der Waals surface area contributed by atoms with Gasteiger partial charge in [-0.15, -0.1) is 0 Å². The van der Waals surface area contributed by atoms with E-state index in [1.54, 1.807) is 0 Å². The molecule has 0 aliphatic heterocycles. The van der Waals surface area contributed by atoms with Crippen molar-refractivity contribution in [3.05, 3.63) is 0 Å². The number of guanidine groups is 1. The van der Waals surface area contributed by atoms with Crippen LogP contribution in [0.1, 0.15) is 52.9 Å². The van der Waals surface area contributed by atoms with Crippen molar-refractivity contribution in [3.8, 4) is 0 Å². The summed E-state index contributed by atoms with van der Waals surface area (Å²) < 4.78 is 0. The lowest BCUT2D eigenvalue weighted by Gasteiger charge is -2.22. The molecule has 1 aliphatic rings.